The fourth-order valence-corrected chi connectivity index (χ4v) is 11.6. The maximum Gasteiger partial charge on any atom is 0.308 e. The van der Waals surface area contributed by atoms with Gasteiger partial charge in [0, 0.05) is 43.6 Å². The lowest BCUT2D eigenvalue weighted by molar-refractivity contribution is -0.368. The third-order valence-electron chi connectivity index (χ3n) is 17.3. The van der Waals surface area contributed by atoms with Gasteiger partial charge in [0.2, 0.25) is 11.7 Å². The molecule has 4 unspecified atom stereocenters. The van der Waals surface area contributed by atoms with Crippen LogP contribution in [0.5, 0.6) is 0 Å². The van der Waals surface area contributed by atoms with E-state index in [0.717, 1.165) is 0 Å². The molecular formula is C63H97N3O27. The summed E-state index contributed by atoms with van der Waals surface area (Å²) in [6.07, 6.45) is -14.5. The summed E-state index contributed by atoms with van der Waals surface area (Å²) in [6.45, 7) is 5.80. The molecule has 5 aliphatic heterocycles. The second kappa shape index (κ2) is 36.1. The summed E-state index contributed by atoms with van der Waals surface area (Å²) in [6, 6.07) is -0.0923. The largest absolute Gasteiger partial charge is 0.462 e. The van der Waals surface area contributed by atoms with E-state index in [2.05, 4.69) is 15.8 Å². The van der Waals surface area contributed by atoms with E-state index in [1.54, 1.807) is 101 Å². The highest BCUT2D eigenvalue weighted by molar-refractivity contribution is 5.92. The van der Waals surface area contributed by atoms with Crippen molar-refractivity contribution in [1.29, 1.82) is 0 Å². The quantitative estimate of drug-likeness (QED) is 0.103. The van der Waals surface area contributed by atoms with Crippen LogP contribution in [-0.4, -0.2) is 276 Å². The molecule has 0 spiro atoms. The number of cyclic esters (lactones) is 1. The van der Waals surface area contributed by atoms with E-state index in [9.17, 15) is 96.4 Å². The minimum absolute atomic E-state index is 0.0434. The van der Waals surface area contributed by atoms with Gasteiger partial charge in [-0.2, -0.15) is 0 Å². The number of carbonyl (C=O) groups is 2. The Kier molecular flexibility index (Phi) is 30.0. The average Bonchev–Trinajstić information content (AvgIpc) is 0.920. The number of hydrogen-bond donors (Lipinski definition) is 19. The van der Waals surface area contributed by atoms with Gasteiger partial charge in [0.05, 0.1) is 105 Å². The molecule has 30 heteroatoms. The van der Waals surface area contributed by atoms with Crippen molar-refractivity contribution in [2.45, 2.75) is 238 Å². The molecule has 0 aromatic carbocycles. The molecule has 6 heterocycles. The van der Waals surface area contributed by atoms with E-state index < -0.39 is 228 Å². The second-order valence-corrected chi connectivity index (χ2v) is 24.8. The molecule has 0 radical (unpaired) electrons. The summed E-state index contributed by atoms with van der Waals surface area (Å²) in [7, 11) is 0. The highest BCUT2D eigenvalue weighted by Gasteiger charge is 2.55. The maximum absolute atomic E-state index is 14.2. The van der Waals surface area contributed by atoms with Crippen LogP contribution in [0.2, 0.25) is 0 Å². The number of nitrogens with zero attached hydrogens (tertiary/aromatic N) is 1. The number of anilines is 1. The molecule has 5 aliphatic rings. The van der Waals surface area contributed by atoms with Crippen LogP contribution in [0.15, 0.2) is 95.7 Å². The first kappa shape index (κ1) is 77.4. The molecule has 1 amide bonds. The highest BCUT2D eigenvalue weighted by atomic mass is 16.7. The monoisotopic (exact) mass is 1330 g/mol. The molecule has 19 N–H and O–H groups in total. The van der Waals surface area contributed by atoms with E-state index in [4.69, 9.17) is 37.7 Å². The maximum atomic E-state index is 14.2. The summed E-state index contributed by atoms with van der Waals surface area (Å²) in [5.74, 6) is -8.89. The van der Waals surface area contributed by atoms with Crippen LogP contribution in [0.1, 0.15) is 84.8 Å². The fraction of sp³-hybridized carbons (Fsp3) is 0.698. The molecule has 4 fully saturated rings. The van der Waals surface area contributed by atoms with Crippen molar-refractivity contribution in [2.75, 3.05) is 25.1 Å². The van der Waals surface area contributed by atoms with Crippen LogP contribution in [-0.2, 0) is 42.7 Å². The molecule has 4 saturated heterocycles. The number of ether oxygens (including phenoxy) is 7. The fourth-order valence-electron chi connectivity index (χ4n) is 11.6. The number of fused-ring (bicyclic) bond motifs is 2. The van der Waals surface area contributed by atoms with Crippen LogP contribution < -0.4 is 10.6 Å². The van der Waals surface area contributed by atoms with Crippen molar-refractivity contribution in [3.05, 3.63) is 96.9 Å². The summed E-state index contributed by atoms with van der Waals surface area (Å²) < 4.78 is 45.8. The third-order valence-corrected chi connectivity index (χ3v) is 17.3. The molecule has 1 aromatic heterocycles. The number of allylic oxidation sites excluding steroid dienone is 12. The van der Waals surface area contributed by atoms with E-state index in [-0.39, 0.29) is 31.0 Å². The van der Waals surface area contributed by atoms with Gasteiger partial charge in [-0.1, -0.05) is 104 Å². The zero-order valence-electron chi connectivity index (χ0n) is 52.6. The van der Waals surface area contributed by atoms with Crippen molar-refractivity contribution >= 4 is 17.7 Å². The van der Waals surface area contributed by atoms with E-state index in [1.807, 2.05) is 0 Å². The number of nitrogens with one attached hydrogen (secondary N) is 2. The van der Waals surface area contributed by atoms with Crippen molar-refractivity contribution in [3.63, 3.8) is 0 Å². The number of rotatable bonds is 10. The van der Waals surface area contributed by atoms with Crippen LogP contribution in [0.25, 0.3) is 0 Å². The predicted molar refractivity (Wildman–Crippen MR) is 325 cm³/mol. The third kappa shape index (κ3) is 22.2. The summed E-state index contributed by atoms with van der Waals surface area (Å²) in [5.41, 5.74) is 0. The summed E-state index contributed by atoms with van der Waals surface area (Å²) in [5, 5.41) is 197. The standard InChI is InChI=1S/C63H97N3O27/c1-32-18-16-14-12-10-8-6-7-9-11-13-15-17-19-40(89-60-54(79)50(52(77)36(5)88-60)64-31-63(85)58(82)57(44(74)30-86-63)91-61-56(81)55(80)53(78)46(29-67)90-61)26-45-49(59(83)65-47-22-33(2)93-66-47)43(73)28-62(84,92-45)27-39(70)24-42(72)41(71)21-20-37(68)23-38(69)25-48(75)87-35(4)34(3)51(32)76/h6-19,22,32,34-46,49-58,60-61,64,67-74,76-82,84-85H,20-21,23-31H2,1-5H3,(H,65,66,83)/b7-6+,10-8+,11-9+,14-12+,15-13+,18-16+,19-17+/t32-,34-,35-,36+,37+,38+,39-,40-,41+,42+,43-,44+,45?,46+,49?,50-,51+,52+,53+,54-,55-,56+,57+,58-,60?,61?,62+,63+/m0/s1. The Bertz CT molecular complexity index is 2670. The number of aliphatic hydroxyl groups excluding tert-OH is 15. The predicted octanol–water partition coefficient (Wildman–Crippen LogP) is -3.18. The Hall–Kier alpha value is -4.63. The normalized spacial score (nSPS) is 45.4. The molecule has 28 atom stereocenters. The number of hydrogen-bond acceptors (Lipinski definition) is 29. The number of aliphatic hydroxyl groups is 17. The van der Waals surface area contributed by atoms with E-state index in [1.165, 1.54) is 25.1 Å². The number of carbonyl (C=O) groups excluding carboxylic acids is 2. The first-order chi connectivity index (χ1) is 43.9. The molecule has 30 nitrogen and oxygen atoms in total. The summed E-state index contributed by atoms with van der Waals surface area (Å²) in [4.78, 5) is 27.0. The van der Waals surface area contributed by atoms with Crippen LogP contribution in [0.3, 0.4) is 0 Å². The van der Waals surface area contributed by atoms with Gasteiger partial charge in [-0.25, -0.2) is 0 Å². The number of esters is 1. The van der Waals surface area contributed by atoms with Crippen LogP contribution in [0.4, 0.5) is 5.82 Å². The van der Waals surface area contributed by atoms with Crippen molar-refractivity contribution < 1.29 is 134 Å². The topological polar surface area (TPSA) is 493 Å². The van der Waals surface area contributed by atoms with Gasteiger partial charge < -0.3 is 135 Å². The Labute approximate surface area is 538 Å². The minimum Gasteiger partial charge on any atom is -0.462 e. The number of amides is 1. The Morgan fingerprint density at radius 3 is 1.89 bits per heavy atom. The lowest BCUT2D eigenvalue weighted by Crippen LogP contribution is -2.70. The summed E-state index contributed by atoms with van der Waals surface area (Å²) >= 11 is 0. The van der Waals surface area contributed by atoms with E-state index >= 15 is 0 Å². The zero-order valence-corrected chi connectivity index (χ0v) is 52.6. The number of aryl methyl sites for hydroxylation is 1. The van der Waals surface area contributed by atoms with Crippen molar-refractivity contribution in [1.82, 2.24) is 10.5 Å². The smallest absolute Gasteiger partial charge is 0.308 e. The average molecular weight is 1330 g/mol. The first-order valence-electron chi connectivity index (χ1n) is 31.3. The van der Waals surface area contributed by atoms with Gasteiger partial charge in [-0.15, -0.1) is 0 Å². The molecule has 2 bridgehead atoms. The minimum atomic E-state index is -2.69. The second-order valence-electron chi connectivity index (χ2n) is 24.8. The Morgan fingerprint density at radius 2 is 1.27 bits per heavy atom. The number of aromatic nitrogens is 1. The molecule has 6 rings (SSSR count). The van der Waals surface area contributed by atoms with Gasteiger partial charge >= 0.3 is 5.97 Å². The molecule has 0 aliphatic carbocycles. The van der Waals surface area contributed by atoms with Gasteiger partial charge in [0.25, 0.3) is 0 Å². The van der Waals surface area contributed by atoms with Crippen LogP contribution >= 0.6 is 0 Å². The van der Waals surface area contributed by atoms with Gasteiger partial charge in [-0.3, -0.25) is 9.59 Å². The lowest BCUT2D eigenvalue weighted by atomic mass is 9.82. The van der Waals surface area contributed by atoms with Crippen LogP contribution in [0, 0.1) is 24.7 Å². The molecular weight excluding hydrogens is 1230 g/mol. The van der Waals surface area contributed by atoms with E-state index in [0.29, 0.717) is 5.76 Å². The lowest BCUT2D eigenvalue weighted by Gasteiger charge is -2.48. The molecule has 1 aromatic rings. The highest BCUT2D eigenvalue weighted by Crippen LogP contribution is 2.39. The van der Waals surface area contributed by atoms with Crippen molar-refractivity contribution in [3.8, 4) is 0 Å². The van der Waals surface area contributed by atoms with Gasteiger partial charge in [-0.05, 0) is 40.0 Å². The SMILES string of the molecule is Cc1cc(NC(=O)C2C3C[C@@H](OC4O[C@H](C)[C@@H](O)[C@H](NC[C@@]5(O)OC[C@@H](O)[C@@H](OC6O[C@H](CO)[C@@H](O)[C@H](O)[C@H]6O)[C@@H]5O)[C@@H]4O)/C=C/C=C/C=C/C=C/C=C/C=C/C=C/[C@H](C)[C@@H](O)[C@@H](C)[C@H](C)OC(=O)C[C@H](O)C[C@H](O)CC[C@@H](O)[C@H](O)C[C@H](O)C[C@](O)(C[C@@H]2O)O3)no1. The molecule has 0 saturated carbocycles. The Morgan fingerprint density at radius 1 is 0.645 bits per heavy atom. The Balaban J connectivity index is 1.26. The zero-order chi connectivity index (χ0) is 68.5. The molecule has 93 heavy (non-hydrogen) atoms. The van der Waals surface area contributed by atoms with Crippen molar-refractivity contribution in [2.24, 2.45) is 17.8 Å². The van der Waals surface area contributed by atoms with Gasteiger partial charge in [0.1, 0.15) is 60.7 Å². The first-order valence-corrected chi connectivity index (χ1v) is 31.3. The molecule has 526 valence electrons. The van der Waals surface area contributed by atoms with Gasteiger partial charge in [0.15, 0.2) is 24.2 Å².